The van der Waals surface area contributed by atoms with Crippen LogP contribution in [0.25, 0.3) is 0 Å². The highest BCUT2D eigenvalue weighted by atomic mass is 16.5. The Kier molecular flexibility index (Phi) is 4.60. The maximum atomic E-state index is 10.8. The molecule has 2 aromatic carbocycles. The summed E-state index contributed by atoms with van der Waals surface area (Å²) in [6.07, 6.45) is -0.107. The zero-order chi connectivity index (χ0) is 15.3. The van der Waals surface area contributed by atoms with E-state index in [9.17, 15) is 9.90 Å². The minimum absolute atomic E-state index is 0.0493. The summed E-state index contributed by atoms with van der Waals surface area (Å²) in [5.74, 6) is -0.433. The molecule has 0 aliphatic carbocycles. The third kappa shape index (κ3) is 4.07. The lowest BCUT2D eigenvalue weighted by molar-refractivity contribution is -0.136. The third-order valence-corrected chi connectivity index (χ3v) is 3.22. The fraction of sp³-hybridized carbons (Fsp3) is 0.235. The van der Waals surface area contributed by atoms with Gasteiger partial charge in [0, 0.05) is 5.56 Å². The lowest BCUT2D eigenvalue weighted by Crippen LogP contribution is -2.29. The molecule has 0 saturated heterocycles. The van der Waals surface area contributed by atoms with Crippen LogP contribution in [0.1, 0.15) is 18.1 Å². The summed E-state index contributed by atoms with van der Waals surface area (Å²) < 4.78 is 5.64. The summed E-state index contributed by atoms with van der Waals surface area (Å²) >= 11 is 0. The average Bonchev–Trinajstić information content (AvgIpc) is 2.47. The zero-order valence-electron chi connectivity index (χ0n) is 11.8. The van der Waals surface area contributed by atoms with Crippen LogP contribution in [-0.2, 0) is 16.8 Å². The first-order valence-corrected chi connectivity index (χ1v) is 6.69. The van der Waals surface area contributed by atoms with E-state index in [0.29, 0.717) is 11.3 Å². The van der Waals surface area contributed by atoms with Crippen molar-refractivity contribution >= 4 is 5.97 Å². The lowest BCUT2D eigenvalue weighted by Gasteiger charge is -2.24. The first-order valence-electron chi connectivity index (χ1n) is 6.69. The van der Waals surface area contributed by atoms with Crippen LogP contribution in [0.4, 0.5) is 0 Å². The van der Waals surface area contributed by atoms with Crippen LogP contribution >= 0.6 is 0 Å². The summed E-state index contributed by atoms with van der Waals surface area (Å²) in [5.41, 5.74) is 0.201. The molecule has 0 heterocycles. The molecule has 110 valence electrons. The quantitative estimate of drug-likeness (QED) is 0.856. The van der Waals surface area contributed by atoms with Crippen molar-refractivity contribution in [2.75, 3.05) is 6.61 Å². The number of hydrogen-bond donors (Lipinski definition) is 2. The summed E-state index contributed by atoms with van der Waals surface area (Å²) in [7, 11) is 0. The number of hydrogen-bond acceptors (Lipinski definition) is 3. The van der Waals surface area contributed by atoms with Crippen LogP contribution < -0.4 is 4.74 Å². The van der Waals surface area contributed by atoms with E-state index in [0.717, 1.165) is 5.56 Å². The Hall–Kier alpha value is -2.33. The second-order valence-electron chi connectivity index (χ2n) is 5.11. The van der Waals surface area contributed by atoms with Gasteiger partial charge in [0.25, 0.3) is 0 Å². The van der Waals surface area contributed by atoms with Gasteiger partial charge in [0.05, 0.1) is 6.42 Å². The van der Waals surface area contributed by atoms with E-state index in [4.69, 9.17) is 9.84 Å². The second kappa shape index (κ2) is 6.41. The van der Waals surface area contributed by atoms with Gasteiger partial charge in [-0.25, -0.2) is 0 Å². The number of ether oxygens (including phenoxy) is 1. The minimum Gasteiger partial charge on any atom is -0.490 e. The fourth-order valence-electron chi connectivity index (χ4n) is 2.05. The Morgan fingerprint density at radius 2 is 1.71 bits per heavy atom. The van der Waals surface area contributed by atoms with Crippen molar-refractivity contribution in [2.24, 2.45) is 0 Å². The van der Waals surface area contributed by atoms with E-state index in [1.165, 1.54) is 0 Å². The highest BCUT2D eigenvalue weighted by molar-refractivity contribution is 5.71. The molecule has 4 heteroatoms. The zero-order valence-corrected chi connectivity index (χ0v) is 11.8. The normalized spacial score (nSPS) is 13.4. The Balaban J connectivity index is 2.11. The van der Waals surface area contributed by atoms with Crippen LogP contribution in [0.3, 0.4) is 0 Å². The maximum Gasteiger partial charge on any atom is 0.307 e. The van der Waals surface area contributed by atoms with Gasteiger partial charge in [0.1, 0.15) is 18.0 Å². The smallest absolute Gasteiger partial charge is 0.307 e. The van der Waals surface area contributed by atoms with Gasteiger partial charge in [-0.15, -0.1) is 0 Å². The van der Waals surface area contributed by atoms with Gasteiger partial charge in [-0.1, -0.05) is 48.5 Å². The molecule has 0 bridgehead atoms. The number of carbonyl (C=O) groups is 1. The van der Waals surface area contributed by atoms with Crippen molar-refractivity contribution in [3.8, 4) is 5.75 Å². The van der Waals surface area contributed by atoms with E-state index in [1.807, 2.05) is 30.3 Å². The molecule has 0 radical (unpaired) electrons. The first-order chi connectivity index (χ1) is 9.99. The third-order valence-electron chi connectivity index (χ3n) is 3.22. The molecule has 2 rings (SSSR count). The monoisotopic (exact) mass is 286 g/mol. The van der Waals surface area contributed by atoms with Crippen molar-refractivity contribution in [1.29, 1.82) is 0 Å². The predicted octanol–water partition coefficient (Wildman–Crippen LogP) is 2.60. The molecule has 1 unspecified atom stereocenters. The van der Waals surface area contributed by atoms with Crippen LogP contribution in [0.5, 0.6) is 5.75 Å². The molecule has 0 amide bonds. The summed E-state index contributed by atoms with van der Waals surface area (Å²) in [4.78, 5) is 10.8. The second-order valence-corrected chi connectivity index (χ2v) is 5.11. The molecular weight excluding hydrogens is 268 g/mol. The molecule has 0 aliphatic heterocycles. The number of carboxylic acids is 1. The number of para-hydroxylation sites is 1. The molecule has 0 aromatic heterocycles. The molecule has 4 nitrogen and oxygen atoms in total. The molecule has 0 aliphatic rings. The van der Waals surface area contributed by atoms with Gasteiger partial charge < -0.3 is 14.9 Å². The van der Waals surface area contributed by atoms with Crippen molar-refractivity contribution < 1.29 is 19.7 Å². The molecule has 1 atom stereocenters. The van der Waals surface area contributed by atoms with Gasteiger partial charge in [-0.3, -0.25) is 4.79 Å². The summed E-state index contributed by atoms with van der Waals surface area (Å²) in [6.45, 7) is 1.72. The molecule has 2 N–H and O–H groups in total. The van der Waals surface area contributed by atoms with E-state index in [1.54, 1.807) is 31.2 Å². The highest BCUT2D eigenvalue weighted by Crippen LogP contribution is 2.24. The van der Waals surface area contributed by atoms with Crippen molar-refractivity contribution in [1.82, 2.24) is 0 Å². The van der Waals surface area contributed by atoms with Crippen molar-refractivity contribution in [3.05, 3.63) is 65.7 Å². The van der Waals surface area contributed by atoms with E-state index < -0.39 is 11.6 Å². The number of rotatable bonds is 6. The molecule has 21 heavy (non-hydrogen) atoms. The number of benzene rings is 2. The molecule has 2 aromatic rings. The van der Waals surface area contributed by atoms with Gasteiger partial charge >= 0.3 is 5.97 Å². The SMILES string of the molecule is CC(O)(COc1ccccc1CC(=O)O)c1ccccc1. The Labute approximate surface area is 123 Å². The number of aliphatic hydroxyl groups is 1. The largest absolute Gasteiger partial charge is 0.490 e. The van der Waals surface area contributed by atoms with Crippen molar-refractivity contribution in [3.63, 3.8) is 0 Å². The van der Waals surface area contributed by atoms with Crippen molar-refractivity contribution in [2.45, 2.75) is 18.9 Å². The Bertz CT molecular complexity index is 605. The molecule has 0 fully saturated rings. The van der Waals surface area contributed by atoms with Gasteiger partial charge in [-0.2, -0.15) is 0 Å². The van der Waals surface area contributed by atoms with E-state index >= 15 is 0 Å². The first kappa shape index (κ1) is 15.1. The van der Waals surface area contributed by atoms with Crippen LogP contribution in [-0.4, -0.2) is 22.8 Å². The predicted molar refractivity (Wildman–Crippen MR) is 79.3 cm³/mol. The molecular formula is C17H18O4. The number of carboxylic acid groups (broad SMARTS) is 1. The summed E-state index contributed by atoms with van der Waals surface area (Å²) in [6, 6.07) is 16.2. The Morgan fingerprint density at radius 1 is 1.10 bits per heavy atom. The maximum absolute atomic E-state index is 10.8. The standard InChI is InChI=1S/C17H18O4/c1-17(20,14-8-3-2-4-9-14)12-21-15-10-6-5-7-13(15)11-16(18)19/h2-10,20H,11-12H2,1H3,(H,18,19). The van der Waals surface area contributed by atoms with Gasteiger partial charge in [0.2, 0.25) is 0 Å². The van der Waals surface area contributed by atoms with Crippen LogP contribution in [0.15, 0.2) is 54.6 Å². The molecule has 0 saturated carbocycles. The molecule has 0 spiro atoms. The fourth-order valence-corrected chi connectivity index (χ4v) is 2.05. The number of aliphatic carboxylic acids is 1. The van der Waals surface area contributed by atoms with Gasteiger partial charge in [-0.05, 0) is 18.6 Å². The lowest BCUT2D eigenvalue weighted by atomic mass is 9.97. The highest BCUT2D eigenvalue weighted by Gasteiger charge is 2.24. The topological polar surface area (TPSA) is 66.8 Å². The minimum atomic E-state index is -1.14. The van der Waals surface area contributed by atoms with Crippen LogP contribution in [0.2, 0.25) is 0 Å². The average molecular weight is 286 g/mol. The van der Waals surface area contributed by atoms with Crippen LogP contribution in [0, 0.1) is 0 Å². The van der Waals surface area contributed by atoms with Gasteiger partial charge in [0.15, 0.2) is 0 Å². The Morgan fingerprint density at radius 3 is 2.38 bits per heavy atom. The van der Waals surface area contributed by atoms with E-state index in [2.05, 4.69) is 0 Å². The summed E-state index contributed by atoms with van der Waals surface area (Å²) in [5, 5.41) is 19.4. The van der Waals surface area contributed by atoms with E-state index in [-0.39, 0.29) is 13.0 Å².